The zero-order valence-electron chi connectivity index (χ0n) is 10.4. The predicted molar refractivity (Wildman–Crippen MR) is 62.9 cm³/mol. The number of hydrogen-bond donors (Lipinski definition) is 2. The van der Waals surface area contributed by atoms with Crippen molar-refractivity contribution in [2.45, 2.75) is 58.9 Å². The van der Waals surface area contributed by atoms with Crippen molar-refractivity contribution >= 4 is 6.03 Å². The molecule has 3 heteroatoms. The predicted octanol–water partition coefficient (Wildman–Crippen LogP) is 2.66. The van der Waals surface area contributed by atoms with Crippen LogP contribution in [0.3, 0.4) is 0 Å². The fourth-order valence-electron chi connectivity index (χ4n) is 1.98. The summed E-state index contributed by atoms with van der Waals surface area (Å²) in [5, 5.41) is 5.90. The van der Waals surface area contributed by atoms with E-state index in [0.717, 1.165) is 6.54 Å². The number of nitrogens with one attached hydrogen (secondary N) is 2. The van der Waals surface area contributed by atoms with E-state index in [4.69, 9.17) is 0 Å². The van der Waals surface area contributed by atoms with Crippen molar-refractivity contribution < 1.29 is 4.79 Å². The van der Waals surface area contributed by atoms with Crippen LogP contribution in [0.4, 0.5) is 4.79 Å². The summed E-state index contributed by atoms with van der Waals surface area (Å²) < 4.78 is 0. The van der Waals surface area contributed by atoms with Gasteiger partial charge in [0, 0.05) is 12.1 Å². The van der Waals surface area contributed by atoms with Gasteiger partial charge in [0.2, 0.25) is 0 Å². The summed E-state index contributed by atoms with van der Waals surface area (Å²) in [4.78, 5) is 11.5. The Hall–Kier alpha value is -0.730. The average molecular weight is 212 g/mol. The molecule has 0 aliphatic heterocycles. The maximum atomic E-state index is 11.5. The van der Waals surface area contributed by atoms with Crippen molar-refractivity contribution in [3.8, 4) is 0 Å². The molecular formula is C12H24N2O. The Bertz CT molecular complexity index is 221. The fourth-order valence-corrected chi connectivity index (χ4v) is 1.98. The molecule has 2 amide bonds. The molecule has 0 aromatic rings. The van der Waals surface area contributed by atoms with E-state index in [2.05, 4.69) is 17.6 Å². The van der Waals surface area contributed by atoms with E-state index in [0.29, 0.717) is 5.41 Å². The number of hydrogen-bond acceptors (Lipinski definition) is 1. The second kappa shape index (κ2) is 4.42. The van der Waals surface area contributed by atoms with Gasteiger partial charge < -0.3 is 10.6 Å². The number of carbonyl (C=O) groups is 1. The van der Waals surface area contributed by atoms with Crippen molar-refractivity contribution in [2.75, 3.05) is 6.54 Å². The highest BCUT2D eigenvalue weighted by molar-refractivity contribution is 5.74. The van der Waals surface area contributed by atoms with E-state index < -0.39 is 0 Å². The molecule has 0 unspecified atom stereocenters. The average Bonchev–Trinajstić information content (AvgIpc) is 1.99. The second-order valence-corrected chi connectivity index (χ2v) is 5.76. The molecule has 2 N–H and O–H groups in total. The van der Waals surface area contributed by atoms with Crippen molar-refractivity contribution in [1.82, 2.24) is 10.6 Å². The van der Waals surface area contributed by atoms with E-state index in [-0.39, 0.29) is 11.6 Å². The van der Waals surface area contributed by atoms with Crippen LogP contribution in [0.5, 0.6) is 0 Å². The first-order valence-electron chi connectivity index (χ1n) is 5.93. The number of amides is 2. The zero-order chi connectivity index (χ0) is 11.5. The van der Waals surface area contributed by atoms with Gasteiger partial charge in [-0.1, -0.05) is 13.3 Å². The fraction of sp³-hybridized carbons (Fsp3) is 0.917. The summed E-state index contributed by atoms with van der Waals surface area (Å²) in [6, 6.07) is -0.0396. The Balaban J connectivity index is 2.27. The van der Waals surface area contributed by atoms with Crippen molar-refractivity contribution in [1.29, 1.82) is 0 Å². The van der Waals surface area contributed by atoms with Crippen molar-refractivity contribution in [3.63, 3.8) is 0 Å². The molecule has 88 valence electrons. The SMILES string of the molecule is CCC1(CNC(=O)NC(C)(C)C)CCC1. The Morgan fingerprint density at radius 3 is 2.27 bits per heavy atom. The standard InChI is InChI=1S/C12H24N2O/c1-5-12(7-6-8-12)9-13-10(15)14-11(2,3)4/h5-9H2,1-4H3,(H2,13,14,15). The number of urea groups is 1. The van der Waals surface area contributed by atoms with Crippen LogP contribution in [0.25, 0.3) is 0 Å². The lowest BCUT2D eigenvalue weighted by atomic mass is 9.67. The molecule has 0 heterocycles. The third kappa shape index (κ3) is 3.73. The van der Waals surface area contributed by atoms with Crippen LogP contribution in [0, 0.1) is 5.41 Å². The minimum atomic E-state index is -0.150. The molecule has 1 aliphatic rings. The minimum absolute atomic E-state index is 0.0396. The van der Waals surface area contributed by atoms with E-state index >= 15 is 0 Å². The third-order valence-corrected chi connectivity index (χ3v) is 3.28. The van der Waals surface area contributed by atoms with Crippen LogP contribution in [-0.2, 0) is 0 Å². The normalized spacial score (nSPS) is 19.2. The summed E-state index contributed by atoms with van der Waals surface area (Å²) in [5.41, 5.74) is 0.248. The lowest BCUT2D eigenvalue weighted by molar-refractivity contribution is 0.125. The molecule has 0 saturated heterocycles. The molecule has 15 heavy (non-hydrogen) atoms. The first kappa shape index (κ1) is 12.3. The quantitative estimate of drug-likeness (QED) is 0.742. The summed E-state index contributed by atoms with van der Waals surface area (Å²) >= 11 is 0. The highest BCUT2D eigenvalue weighted by Crippen LogP contribution is 2.42. The van der Waals surface area contributed by atoms with Gasteiger partial charge in [0.15, 0.2) is 0 Å². The second-order valence-electron chi connectivity index (χ2n) is 5.76. The third-order valence-electron chi connectivity index (χ3n) is 3.28. The highest BCUT2D eigenvalue weighted by Gasteiger charge is 2.35. The van der Waals surface area contributed by atoms with Gasteiger partial charge >= 0.3 is 6.03 Å². The van der Waals surface area contributed by atoms with Crippen LogP contribution in [0.1, 0.15) is 53.4 Å². The van der Waals surface area contributed by atoms with Crippen molar-refractivity contribution in [3.05, 3.63) is 0 Å². The van der Waals surface area contributed by atoms with E-state index in [9.17, 15) is 4.79 Å². The topological polar surface area (TPSA) is 41.1 Å². The first-order chi connectivity index (χ1) is 6.87. The zero-order valence-corrected chi connectivity index (χ0v) is 10.4. The van der Waals surface area contributed by atoms with Crippen LogP contribution in [0.15, 0.2) is 0 Å². The van der Waals surface area contributed by atoms with Crippen LogP contribution in [-0.4, -0.2) is 18.1 Å². The summed E-state index contributed by atoms with van der Waals surface area (Å²) in [6.07, 6.45) is 5.01. The Labute approximate surface area is 93.0 Å². The maximum Gasteiger partial charge on any atom is 0.315 e. The first-order valence-corrected chi connectivity index (χ1v) is 5.93. The van der Waals surface area contributed by atoms with Gasteiger partial charge in [0.25, 0.3) is 0 Å². The molecule has 1 saturated carbocycles. The molecule has 0 atom stereocenters. The largest absolute Gasteiger partial charge is 0.338 e. The van der Waals surface area contributed by atoms with E-state index in [1.807, 2.05) is 20.8 Å². The monoisotopic (exact) mass is 212 g/mol. The molecule has 0 bridgehead atoms. The van der Waals surface area contributed by atoms with Crippen LogP contribution in [0.2, 0.25) is 0 Å². The summed E-state index contributed by atoms with van der Waals surface area (Å²) in [7, 11) is 0. The Morgan fingerprint density at radius 1 is 1.33 bits per heavy atom. The van der Waals surface area contributed by atoms with Gasteiger partial charge in [-0.05, 0) is 45.4 Å². The number of carbonyl (C=O) groups excluding carboxylic acids is 1. The van der Waals surface area contributed by atoms with Crippen LogP contribution < -0.4 is 10.6 Å². The molecule has 1 aliphatic carbocycles. The molecule has 3 nitrogen and oxygen atoms in total. The molecule has 0 aromatic carbocycles. The number of rotatable bonds is 3. The molecule has 1 rings (SSSR count). The Morgan fingerprint density at radius 2 is 1.93 bits per heavy atom. The lowest BCUT2D eigenvalue weighted by Gasteiger charge is -2.41. The maximum absolute atomic E-state index is 11.5. The molecule has 1 fully saturated rings. The summed E-state index contributed by atoms with van der Waals surface area (Å²) in [6.45, 7) is 9.01. The van der Waals surface area contributed by atoms with Crippen molar-refractivity contribution in [2.24, 2.45) is 5.41 Å². The van der Waals surface area contributed by atoms with Crippen LogP contribution >= 0.6 is 0 Å². The van der Waals surface area contributed by atoms with Gasteiger partial charge in [0.05, 0.1) is 0 Å². The van der Waals surface area contributed by atoms with E-state index in [1.165, 1.54) is 25.7 Å². The van der Waals surface area contributed by atoms with Gasteiger partial charge in [-0.15, -0.1) is 0 Å². The van der Waals surface area contributed by atoms with E-state index in [1.54, 1.807) is 0 Å². The van der Waals surface area contributed by atoms with Gasteiger partial charge in [-0.3, -0.25) is 0 Å². The molecular weight excluding hydrogens is 188 g/mol. The van der Waals surface area contributed by atoms with Gasteiger partial charge in [-0.2, -0.15) is 0 Å². The molecule has 0 spiro atoms. The lowest BCUT2D eigenvalue weighted by Crippen LogP contribution is -2.50. The van der Waals surface area contributed by atoms with Gasteiger partial charge in [-0.25, -0.2) is 4.79 Å². The highest BCUT2D eigenvalue weighted by atomic mass is 16.2. The molecule has 0 radical (unpaired) electrons. The summed E-state index contributed by atoms with van der Waals surface area (Å²) in [5.74, 6) is 0. The molecule has 0 aromatic heterocycles. The van der Waals surface area contributed by atoms with Gasteiger partial charge in [0.1, 0.15) is 0 Å². The minimum Gasteiger partial charge on any atom is -0.338 e. The Kier molecular flexibility index (Phi) is 3.63. The smallest absolute Gasteiger partial charge is 0.315 e.